The Kier molecular flexibility index (Phi) is 7.79. The van der Waals surface area contributed by atoms with Crippen molar-refractivity contribution in [3.63, 3.8) is 0 Å². The van der Waals surface area contributed by atoms with Crippen molar-refractivity contribution in [1.82, 2.24) is 10.7 Å². The van der Waals surface area contributed by atoms with Crippen LogP contribution in [0.1, 0.15) is 39.0 Å². The summed E-state index contributed by atoms with van der Waals surface area (Å²) in [5, 5.41) is 2.63. The number of urea groups is 1. The molecule has 0 aliphatic carbocycles. The van der Waals surface area contributed by atoms with Crippen molar-refractivity contribution < 1.29 is 4.79 Å². The van der Waals surface area contributed by atoms with E-state index in [2.05, 4.69) is 12.2 Å². The van der Waals surface area contributed by atoms with Crippen LogP contribution in [0.3, 0.4) is 0 Å². The Bertz CT molecular complexity index is 117. The Hall–Kier alpha value is -0.770. The molecule has 0 saturated carbocycles. The maximum Gasteiger partial charge on any atom is 0.328 e. The normalized spacial score (nSPS) is 9.50. The van der Waals surface area contributed by atoms with Crippen molar-refractivity contribution in [2.45, 2.75) is 39.0 Å². The highest BCUT2D eigenvalue weighted by Crippen LogP contribution is 2.00. The summed E-state index contributed by atoms with van der Waals surface area (Å²) in [5.74, 6) is 4.87. The summed E-state index contributed by atoms with van der Waals surface area (Å²) in [6.45, 7) is 2.90. The number of hydrogen-bond acceptors (Lipinski definition) is 2. The average molecular weight is 173 g/mol. The lowest BCUT2D eigenvalue weighted by Crippen LogP contribution is -2.40. The molecule has 0 heterocycles. The van der Waals surface area contributed by atoms with Crippen LogP contribution < -0.4 is 16.6 Å². The quantitative estimate of drug-likeness (QED) is 0.244. The van der Waals surface area contributed by atoms with Crippen LogP contribution in [0.5, 0.6) is 0 Å². The van der Waals surface area contributed by atoms with Crippen LogP contribution >= 0.6 is 0 Å². The van der Waals surface area contributed by atoms with Crippen molar-refractivity contribution >= 4 is 6.03 Å². The third-order valence-corrected chi connectivity index (χ3v) is 1.70. The molecule has 0 aliphatic heterocycles. The fourth-order valence-electron chi connectivity index (χ4n) is 0.982. The van der Waals surface area contributed by atoms with E-state index in [1.165, 1.54) is 25.7 Å². The molecule has 0 rings (SSSR count). The molecular formula is C8H19N3O. The lowest BCUT2D eigenvalue weighted by atomic mass is 10.1. The monoisotopic (exact) mass is 173 g/mol. The third kappa shape index (κ3) is 7.34. The SMILES string of the molecule is CCCCCCCNC(=O)NN. The van der Waals surface area contributed by atoms with Gasteiger partial charge in [-0.05, 0) is 6.42 Å². The molecule has 72 valence electrons. The van der Waals surface area contributed by atoms with E-state index in [4.69, 9.17) is 5.84 Å². The minimum Gasteiger partial charge on any atom is -0.337 e. The van der Waals surface area contributed by atoms with Crippen LogP contribution in [0.2, 0.25) is 0 Å². The first-order chi connectivity index (χ1) is 5.81. The Labute approximate surface area is 73.9 Å². The molecule has 4 heteroatoms. The lowest BCUT2D eigenvalue weighted by Gasteiger charge is -2.02. The predicted molar refractivity (Wildman–Crippen MR) is 49.5 cm³/mol. The van der Waals surface area contributed by atoms with Gasteiger partial charge in [-0.25, -0.2) is 10.6 Å². The first kappa shape index (κ1) is 11.2. The number of hydrazine groups is 1. The van der Waals surface area contributed by atoms with E-state index in [-0.39, 0.29) is 6.03 Å². The largest absolute Gasteiger partial charge is 0.337 e. The molecule has 4 N–H and O–H groups in total. The topological polar surface area (TPSA) is 67.2 Å². The second-order valence-electron chi connectivity index (χ2n) is 2.81. The summed E-state index contributed by atoms with van der Waals surface area (Å²) in [6, 6.07) is -0.300. The molecule has 0 radical (unpaired) electrons. The predicted octanol–water partition coefficient (Wildman–Crippen LogP) is 1.13. The maximum absolute atomic E-state index is 10.6. The highest BCUT2D eigenvalue weighted by atomic mass is 16.2. The highest BCUT2D eigenvalue weighted by Gasteiger charge is 1.93. The van der Waals surface area contributed by atoms with Crippen molar-refractivity contribution in [2.24, 2.45) is 5.84 Å². The minimum absolute atomic E-state index is 0.300. The first-order valence-electron chi connectivity index (χ1n) is 4.55. The molecule has 0 aromatic carbocycles. The molecule has 0 fully saturated rings. The molecule has 12 heavy (non-hydrogen) atoms. The molecule has 0 spiro atoms. The van der Waals surface area contributed by atoms with E-state index in [9.17, 15) is 4.79 Å². The fraction of sp³-hybridized carbons (Fsp3) is 0.875. The molecule has 0 aliphatic rings. The van der Waals surface area contributed by atoms with Crippen LogP contribution in [-0.2, 0) is 0 Å². The molecule has 0 aromatic heterocycles. The van der Waals surface area contributed by atoms with Gasteiger partial charge in [0.2, 0.25) is 0 Å². The van der Waals surface area contributed by atoms with Gasteiger partial charge in [0.1, 0.15) is 0 Å². The van der Waals surface area contributed by atoms with E-state index in [1.54, 1.807) is 0 Å². The van der Waals surface area contributed by atoms with Gasteiger partial charge >= 0.3 is 6.03 Å². The van der Waals surface area contributed by atoms with Gasteiger partial charge in [0.05, 0.1) is 0 Å². The summed E-state index contributed by atoms with van der Waals surface area (Å²) in [6.07, 6.45) is 5.99. The molecule has 0 aromatic rings. The standard InChI is InChI=1S/C8H19N3O/c1-2-3-4-5-6-7-10-8(12)11-9/h2-7,9H2,1H3,(H2,10,11,12). The van der Waals surface area contributed by atoms with E-state index >= 15 is 0 Å². The van der Waals surface area contributed by atoms with Crippen molar-refractivity contribution in [1.29, 1.82) is 0 Å². The van der Waals surface area contributed by atoms with Gasteiger partial charge in [0.15, 0.2) is 0 Å². The van der Waals surface area contributed by atoms with Gasteiger partial charge in [-0.3, -0.25) is 5.43 Å². The molecule has 4 nitrogen and oxygen atoms in total. The second-order valence-corrected chi connectivity index (χ2v) is 2.81. The maximum atomic E-state index is 10.6. The van der Waals surface area contributed by atoms with Crippen LogP contribution in [0.25, 0.3) is 0 Å². The average Bonchev–Trinajstić information content (AvgIpc) is 2.10. The van der Waals surface area contributed by atoms with Crippen molar-refractivity contribution in [3.8, 4) is 0 Å². The smallest absolute Gasteiger partial charge is 0.328 e. The van der Waals surface area contributed by atoms with Gasteiger partial charge in [0, 0.05) is 6.54 Å². The number of unbranched alkanes of at least 4 members (excludes halogenated alkanes) is 4. The van der Waals surface area contributed by atoms with E-state index in [0.717, 1.165) is 6.42 Å². The van der Waals surface area contributed by atoms with Gasteiger partial charge < -0.3 is 5.32 Å². The molecule has 2 amide bonds. The van der Waals surface area contributed by atoms with Crippen LogP contribution in [0.15, 0.2) is 0 Å². The number of nitrogens with two attached hydrogens (primary N) is 1. The lowest BCUT2D eigenvalue weighted by molar-refractivity contribution is 0.241. The summed E-state index contributed by atoms with van der Waals surface area (Å²) >= 11 is 0. The first-order valence-corrected chi connectivity index (χ1v) is 4.55. The van der Waals surface area contributed by atoms with Gasteiger partial charge in [-0.1, -0.05) is 32.6 Å². The number of nitrogens with one attached hydrogen (secondary N) is 2. The second kappa shape index (κ2) is 8.33. The molecular weight excluding hydrogens is 154 g/mol. The van der Waals surface area contributed by atoms with Crippen molar-refractivity contribution in [3.05, 3.63) is 0 Å². The Morgan fingerprint density at radius 3 is 2.50 bits per heavy atom. The van der Waals surface area contributed by atoms with Gasteiger partial charge in [-0.2, -0.15) is 0 Å². The number of carbonyl (C=O) groups excluding carboxylic acids is 1. The van der Waals surface area contributed by atoms with Crippen LogP contribution in [-0.4, -0.2) is 12.6 Å². The molecule has 0 saturated heterocycles. The third-order valence-electron chi connectivity index (χ3n) is 1.70. The van der Waals surface area contributed by atoms with Crippen LogP contribution in [0.4, 0.5) is 4.79 Å². The summed E-state index contributed by atoms with van der Waals surface area (Å²) < 4.78 is 0. The summed E-state index contributed by atoms with van der Waals surface area (Å²) in [5.41, 5.74) is 2.02. The zero-order valence-electron chi connectivity index (χ0n) is 7.73. The highest BCUT2D eigenvalue weighted by molar-refractivity contribution is 5.72. The molecule has 0 unspecified atom stereocenters. The number of carbonyl (C=O) groups is 1. The zero-order chi connectivity index (χ0) is 9.23. The Morgan fingerprint density at radius 1 is 1.25 bits per heavy atom. The molecule has 0 atom stereocenters. The zero-order valence-corrected chi connectivity index (χ0v) is 7.73. The fourth-order valence-corrected chi connectivity index (χ4v) is 0.982. The number of amides is 2. The van der Waals surface area contributed by atoms with Crippen molar-refractivity contribution in [2.75, 3.05) is 6.54 Å². The van der Waals surface area contributed by atoms with Crippen LogP contribution in [0, 0.1) is 0 Å². The summed E-state index contributed by atoms with van der Waals surface area (Å²) in [7, 11) is 0. The van der Waals surface area contributed by atoms with E-state index in [1.807, 2.05) is 5.43 Å². The Balaban J connectivity index is 2.95. The Morgan fingerprint density at radius 2 is 1.92 bits per heavy atom. The van der Waals surface area contributed by atoms with E-state index < -0.39 is 0 Å². The summed E-state index contributed by atoms with van der Waals surface area (Å²) in [4.78, 5) is 10.6. The number of hydrogen-bond donors (Lipinski definition) is 3. The molecule has 0 bridgehead atoms. The van der Waals surface area contributed by atoms with E-state index in [0.29, 0.717) is 6.54 Å². The van der Waals surface area contributed by atoms with Gasteiger partial charge in [0.25, 0.3) is 0 Å². The van der Waals surface area contributed by atoms with Gasteiger partial charge in [-0.15, -0.1) is 0 Å². The number of rotatable bonds is 6. The minimum atomic E-state index is -0.300.